The van der Waals surface area contributed by atoms with Gasteiger partial charge in [0, 0.05) is 17.5 Å². The highest BCUT2D eigenvalue weighted by molar-refractivity contribution is 5.87. The van der Waals surface area contributed by atoms with Gasteiger partial charge in [-0.25, -0.2) is 0 Å². The fourth-order valence-electron chi connectivity index (χ4n) is 2.43. The van der Waals surface area contributed by atoms with Gasteiger partial charge < -0.3 is 14.8 Å². The van der Waals surface area contributed by atoms with Gasteiger partial charge in [0.15, 0.2) is 0 Å². The summed E-state index contributed by atoms with van der Waals surface area (Å²) >= 11 is 0. The highest BCUT2D eigenvalue weighted by atomic mass is 16.3. The lowest BCUT2D eigenvalue weighted by Gasteiger charge is -2.10. The zero-order valence-electron chi connectivity index (χ0n) is 11.6. The molecule has 2 aromatic rings. The van der Waals surface area contributed by atoms with Crippen LogP contribution in [0.3, 0.4) is 0 Å². The number of amides is 1. The Morgan fingerprint density at radius 3 is 3.05 bits per heavy atom. The molecule has 106 valence electrons. The molecule has 0 saturated heterocycles. The Hall–Kier alpha value is -1.81. The molecule has 1 saturated carbocycles. The molecule has 1 atom stereocenters. The summed E-state index contributed by atoms with van der Waals surface area (Å²) in [6, 6.07) is 5.96. The fraction of sp³-hybridized carbons (Fsp3) is 0.438. The average Bonchev–Trinajstić information content (AvgIpc) is 3.20. The summed E-state index contributed by atoms with van der Waals surface area (Å²) < 4.78 is 5.48. The fourth-order valence-corrected chi connectivity index (χ4v) is 2.43. The van der Waals surface area contributed by atoms with Gasteiger partial charge in [-0.15, -0.1) is 0 Å². The van der Waals surface area contributed by atoms with Crippen molar-refractivity contribution in [1.82, 2.24) is 5.32 Å². The maximum Gasteiger partial charge on any atom is 0.224 e. The maximum atomic E-state index is 11.9. The summed E-state index contributed by atoms with van der Waals surface area (Å²) in [6.45, 7) is 2.35. The number of benzene rings is 1. The second-order valence-corrected chi connectivity index (χ2v) is 5.65. The van der Waals surface area contributed by atoms with E-state index in [0.717, 1.165) is 34.9 Å². The van der Waals surface area contributed by atoms with Crippen molar-refractivity contribution < 1.29 is 14.3 Å². The lowest BCUT2D eigenvalue weighted by atomic mass is 10.1. The minimum atomic E-state index is -0.400. The van der Waals surface area contributed by atoms with Crippen LogP contribution in [-0.2, 0) is 11.2 Å². The van der Waals surface area contributed by atoms with Crippen LogP contribution in [0.5, 0.6) is 0 Å². The summed E-state index contributed by atoms with van der Waals surface area (Å²) in [7, 11) is 0. The quantitative estimate of drug-likeness (QED) is 0.877. The molecule has 1 amide bonds. The van der Waals surface area contributed by atoms with E-state index in [2.05, 4.69) is 5.32 Å². The van der Waals surface area contributed by atoms with Crippen molar-refractivity contribution in [2.75, 3.05) is 6.54 Å². The Balaban J connectivity index is 1.62. The van der Waals surface area contributed by atoms with Crippen LogP contribution in [0.1, 0.15) is 24.0 Å². The molecule has 2 N–H and O–H groups in total. The molecule has 0 aliphatic heterocycles. The average molecular weight is 273 g/mol. The molecule has 1 aromatic heterocycles. The Kier molecular flexibility index (Phi) is 3.49. The Morgan fingerprint density at radius 1 is 1.50 bits per heavy atom. The smallest absolute Gasteiger partial charge is 0.224 e. The summed E-state index contributed by atoms with van der Waals surface area (Å²) in [4.78, 5) is 11.9. The first kappa shape index (κ1) is 13.2. The Morgan fingerprint density at radius 2 is 2.30 bits per heavy atom. The molecule has 3 rings (SSSR count). The van der Waals surface area contributed by atoms with Gasteiger partial charge >= 0.3 is 0 Å². The van der Waals surface area contributed by atoms with E-state index in [0.29, 0.717) is 12.5 Å². The van der Waals surface area contributed by atoms with Crippen LogP contribution < -0.4 is 5.32 Å². The number of aryl methyl sites for hydroxylation is 1. The molecule has 1 heterocycles. The van der Waals surface area contributed by atoms with Gasteiger partial charge in [-0.1, -0.05) is 12.1 Å². The maximum absolute atomic E-state index is 11.9. The Labute approximate surface area is 117 Å². The molecule has 1 aliphatic rings. The number of rotatable bonds is 5. The van der Waals surface area contributed by atoms with Gasteiger partial charge in [0.2, 0.25) is 5.91 Å². The second-order valence-electron chi connectivity index (χ2n) is 5.65. The lowest BCUT2D eigenvalue weighted by molar-refractivity contribution is -0.120. The number of hydrogen-bond donors (Lipinski definition) is 2. The van der Waals surface area contributed by atoms with E-state index in [4.69, 9.17) is 4.42 Å². The number of aliphatic hydroxyl groups is 1. The van der Waals surface area contributed by atoms with Gasteiger partial charge in [0.05, 0.1) is 18.8 Å². The predicted molar refractivity (Wildman–Crippen MR) is 76.4 cm³/mol. The number of furan rings is 1. The van der Waals surface area contributed by atoms with E-state index in [9.17, 15) is 9.90 Å². The highest BCUT2D eigenvalue weighted by Gasteiger charge is 2.29. The van der Waals surface area contributed by atoms with Gasteiger partial charge in [0.1, 0.15) is 5.58 Å². The van der Waals surface area contributed by atoms with Crippen molar-refractivity contribution in [3.8, 4) is 0 Å². The zero-order valence-corrected chi connectivity index (χ0v) is 11.6. The van der Waals surface area contributed by atoms with Crippen molar-refractivity contribution in [3.63, 3.8) is 0 Å². The van der Waals surface area contributed by atoms with E-state index in [-0.39, 0.29) is 12.3 Å². The van der Waals surface area contributed by atoms with Crippen LogP contribution in [0, 0.1) is 12.8 Å². The normalized spacial score (nSPS) is 16.3. The SMILES string of the molecule is Cc1ccc2c(CC(=O)NCC(O)C3CC3)coc2c1. The number of carbonyl (C=O) groups excluding carboxylic acids is 1. The molecule has 4 heteroatoms. The van der Waals surface area contributed by atoms with Gasteiger partial charge in [0.25, 0.3) is 0 Å². The van der Waals surface area contributed by atoms with Crippen molar-refractivity contribution in [1.29, 1.82) is 0 Å². The number of aliphatic hydroxyl groups excluding tert-OH is 1. The molecule has 1 aliphatic carbocycles. The van der Waals surface area contributed by atoms with Crippen molar-refractivity contribution >= 4 is 16.9 Å². The van der Waals surface area contributed by atoms with E-state index in [1.54, 1.807) is 6.26 Å². The highest BCUT2D eigenvalue weighted by Crippen LogP contribution is 2.32. The molecule has 0 radical (unpaired) electrons. The summed E-state index contributed by atoms with van der Waals surface area (Å²) in [5.74, 6) is 0.306. The van der Waals surface area contributed by atoms with E-state index >= 15 is 0 Å². The predicted octanol–water partition coefficient (Wildman–Crippen LogP) is 2.17. The minimum Gasteiger partial charge on any atom is -0.464 e. The van der Waals surface area contributed by atoms with E-state index in [1.807, 2.05) is 25.1 Å². The molecule has 0 bridgehead atoms. The van der Waals surface area contributed by atoms with Gasteiger partial charge in [-0.05, 0) is 37.3 Å². The van der Waals surface area contributed by atoms with Crippen LogP contribution in [0.15, 0.2) is 28.9 Å². The molecule has 20 heavy (non-hydrogen) atoms. The molecule has 4 nitrogen and oxygen atoms in total. The lowest BCUT2D eigenvalue weighted by Crippen LogP contribution is -2.34. The standard InChI is InChI=1S/C16H19NO3/c1-10-2-5-13-12(9-20-15(13)6-10)7-16(19)17-8-14(18)11-3-4-11/h2,5-6,9,11,14,18H,3-4,7-8H2,1H3,(H,17,19). The summed E-state index contributed by atoms with van der Waals surface area (Å²) in [5.41, 5.74) is 2.83. The molecular weight excluding hydrogens is 254 g/mol. The summed E-state index contributed by atoms with van der Waals surface area (Å²) in [6.07, 6.45) is 3.67. The van der Waals surface area contributed by atoms with Crippen LogP contribution in [0.4, 0.5) is 0 Å². The van der Waals surface area contributed by atoms with Crippen LogP contribution in [0.2, 0.25) is 0 Å². The number of fused-ring (bicyclic) bond motifs is 1. The number of carbonyl (C=O) groups is 1. The number of nitrogens with one attached hydrogen (secondary N) is 1. The molecule has 1 aromatic carbocycles. The van der Waals surface area contributed by atoms with Gasteiger partial charge in [-0.3, -0.25) is 4.79 Å². The largest absolute Gasteiger partial charge is 0.464 e. The third-order valence-corrected chi connectivity index (χ3v) is 3.84. The monoisotopic (exact) mass is 273 g/mol. The zero-order chi connectivity index (χ0) is 14.1. The topological polar surface area (TPSA) is 62.5 Å². The Bertz CT molecular complexity index is 628. The second kappa shape index (κ2) is 5.29. The molecule has 1 unspecified atom stereocenters. The van der Waals surface area contributed by atoms with Crippen molar-refractivity contribution in [2.45, 2.75) is 32.3 Å². The molecular formula is C16H19NO3. The molecule has 1 fully saturated rings. The first-order valence-electron chi connectivity index (χ1n) is 7.05. The summed E-state index contributed by atoms with van der Waals surface area (Å²) in [5, 5.41) is 13.5. The van der Waals surface area contributed by atoms with Crippen molar-refractivity contribution in [3.05, 3.63) is 35.6 Å². The van der Waals surface area contributed by atoms with Crippen LogP contribution in [0.25, 0.3) is 11.0 Å². The first-order valence-corrected chi connectivity index (χ1v) is 7.05. The number of hydrogen-bond acceptors (Lipinski definition) is 3. The van der Waals surface area contributed by atoms with E-state index < -0.39 is 6.10 Å². The first-order chi connectivity index (χ1) is 9.63. The van der Waals surface area contributed by atoms with Crippen molar-refractivity contribution in [2.24, 2.45) is 5.92 Å². The minimum absolute atomic E-state index is 0.0759. The third kappa shape index (κ3) is 2.85. The van der Waals surface area contributed by atoms with Crippen LogP contribution in [-0.4, -0.2) is 23.7 Å². The third-order valence-electron chi connectivity index (χ3n) is 3.84. The molecule has 0 spiro atoms. The van der Waals surface area contributed by atoms with E-state index in [1.165, 1.54) is 0 Å². The van der Waals surface area contributed by atoms with Gasteiger partial charge in [-0.2, -0.15) is 0 Å². The van der Waals surface area contributed by atoms with Crippen LogP contribution >= 0.6 is 0 Å².